The van der Waals surface area contributed by atoms with Crippen LogP contribution in [-0.2, 0) is 14.4 Å². The second-order valence-electron chi connectivity index (χ2n) is 7.51. The number of hydrazine groups is 1. The van der Waals surface area contributed by atoms with Crippen molar-refractivity contribution in [3.05, 3.63) is 70.8 Å². The van der Waals surface area contributed by atoms with Crippen LogP contribution in [0.5, 0.6) is 0 Å². The number of hydrogen-bond acceptors (Lipinski definition) is 5. The zero-order valence-electron chi connectivity index (χ0n) is 14.6. The topological polar surface area (TPSA) is 57.7 Å². The lowest BCUT2D eigenvalue weighted by molar-refractivity contribution is -0.159. The van der Waals surface area contributed by atoms with Crippen LogP contribution in [-0.4, -0.2) is 37.8 Å². The summed E-state index contributed by atoms with van der Waals surface area (Å²) in [6.07, 6.45) is 0. The molecule has 2 aromatic carbocycles. The maximum Gasteiger partial charge on any atom is 0.258 e. The van der Waals surface area contributed by atoms with Crippen LogP contribution < -0.4 is 0 Å². The second-order valence-corrected chi connectivity index (χ2v) is 9.12. The summed E-state index contributed by atoms with van der Waals surface area (Å²) in [5, 5.41) is 2.16. The Balaban J connectivity index is 1.56. The third kappa shape index (κ3) is 1.83. The SMILES string of the molecule is O=C1CSC(=S)N1N1C(=O)C2C3c4ccccc4C(c4ccccc43)C2C1=O. The first-order valence-electron chi connectivity index (χ1n) is 9.14. The van der Waals surface area contributed by atoms with Crippen LogP contribution in [0.2, 0.25) is 0 Å². The number of carbonyl (C=O) groups is 3. The molecule has 3 aliphatic carbocycles. The molecule has 7 rings (SSSR count). The van der Waals surface area contributed by atoms with E-state index in [1.54, 1.807) is 0 Å². The van der Waals surface area contributed by atoms with Gasteiger partial charge in [-0.3, -0.25) is 14.4 Å². The molecule has 3 amide bonds. The van der Waals surface area contributed by atoms with E-state index in [0.29, 0.717) is 0 Å². The molecule has 28 heavy (non-hydrogen) atoms. The first-order valence-corrected chi connectivity index (χ1v) is 10.5. The highest BCUT2D eigenvalue weighted by Gasteiger charge is 2.63. The first kappa shape index (κ1) is 16.4. The van der Waals surface area contributed by atoms with Crippen LogP contribution in [0.4, 0.5) is 0 Å². The fourth-order valence-corrected chi connectivity index (χ4v) is 6.43. The van der Waals surface area contributed by atoms with Gasteiger partial charge >= 0.3 is 0 Å². The zero-order valence-corrected chi connectivity index (χ0v) is 16.2. The second kappa shape index (κ2) is 5.52. The van der Waals surface area contributed by atoms with Crippen molar-refractivity contribution < 1.29 is 14.4 Å². The summed E-state index contributed by atoms with van der Waals surface area (Å²) in [5.74, 6) is -2.12. The fourth-order valence-electron chi connectivity index (χ4n) is 5.40. The molecule has 0 N–H and O–H groups in total. The van der Waals surface area contributed by atoms with Crippen LogP contribution in [0.3, 0.4) is 0 Å². The Labute approximate surface area is 170 Å². The molecule has 7 heteroatoms. The minimum Gasteiger partial charge on any atom is -0.272 e. The van der Waals surface area contributed by atoms with Crippen LogP contribution >= 0.6 is 24.0 Å². The maximum absolute atomic E-state index is 13.5. The summed E-state index contributed by atoms with van der Waals surface area (Å²) < 4.78 is 0.271. The summed E-state index contributed by atoms with van der Waals surface area (Å²) >= 11 is 6.45. The molecule has 2 fully saturated rings. The molecule has 2 unspecified atom stereocenters. The number of imide groups is 1. The summed E-state index contributed by atoms with van der Waals surface area (Å²) in [7, 11) is 0. The van der Waals surface area contributed by atoms with E-state index < -0.39 is 11.8 Å². The van der Waals surface area contributed by atoms with E-state index in [4.69, 9.17) is 12.2 Å². The van der Waals surface area contributed by atoms with E-state index in [9.17, 15) is 14.4 Å². The Morgan fingerprint density at radius 1 is 0.750 bits per heavy atom. The predicted molar refractivity (Wildman–Crippen MR) is 107 cm³/mol. The van der Waals surface area contributed by atoms with Gasteiger partial charge in [0.2, 0.25) is 0 Å². The van der Waals surface area contributed by atoms with Gasteiger partial charge in [-0.1, -0.05) is 72.5 Å². The van der Waals surface area contributed by atoms with E-state index in [1.807, 2.05) is 24.3 Å². The van der Waals surface area contributed by atoms with Crippen molar-refractivity contribution in [3.8, 4) is 0 Å². The van der Waals surface area contributed by atoms with Gasteiger partial charge in [0, 0.05) is 11.8 Å². The maximum atomic E-state index is 13.5. The Hall–Kier alpha value is -2.51. The van der Waals surface area contributed by atoms with E-state index in [-0.39, 0.29) is 39.6 Å². The molecule has 2 heterocycles. The predicted octanol–water partition coefficient (Wildman–Crippen LogP) is 2.65. The number of thioether (sulfide) groups is 1. The van der Waals surface area contributed by atoms with Gasteiger partial charge in [-0.25, -0.2) is 0 Å². The van der Waals surface area contributed by atoms with Gasteiger partial charge in [0.1, 0.15) is 0 Å². The molecule has 5 nitrogen and oxygen atoms in total. The van der Waals surface area contributed by atoms with E-state index in [2.05, 4.69) is 24.3 Å². The van der Waals surface area contributed by atoms with Gasteiger partial charge in [-0.15, -0.1) is 0 Å². The molecule has 0 spiro atoms. The summed E-state index contributed by atoms with van der Waals surface area (Å²) in [5.41, 5.74) is 4.45. The molecule has 0 radical (unpaired) electrons. The van der Waals surface area contributed by atoms with E-state index in [0.717, 1.165) is 32.3 Å². The molecule has 0 saturated carbocycles. The third-order valence-electron chi connectivity index (χ3n) is 6.35. The average Bonchev–Trinajstić information content (AvgIpc) is 3.18. The normalized spacial score (nSPS) is 30.0. The molecular formula is C21H14N2O3S2. The number of nitrogens with zero attached hydrogens (tertiary/aromatic N) is 2. The lowest BCUT2D eigenvalue weighted by atomic mass is 9.55. The van der Waals surface area contributed by atoms with Crippen LogP contribution in [0.15, 0.2) is 48.5 Å². The minimum atomic E-state index is -0.497. The summed E-state index contributed by atoms with van der Waals surface area (Å²) in [6.45, 7) is 0. The number of rotatable bonds is 1. The molecular weight excluding hydrogens is 392 g/mol. The van der Waals surface area contributed by atoms with Gasteiger partial charge in [-0.2, -0.15) is 10.0 Å². The van der Waals surface area contributed by atoms with E-state index in [1.165, 1.54) is 11.8 Å². The number of amides is 3. The van der Waals surface area contributed by atoms with E-state index >= 15 is 0 Å². The lowest BCUT2D eigenvalue weighted by Crippen LogP contribution is -2.49. The Morgan fingerprint density at radius 2 is 1.18 bits per heavy atom. The zero-order chi connectivity index (χ0) is 19.2. The number of benzene rings is 2. The van der Waals surface area contributed by atoms with Crippen molar-refractivity contribution >= 4 is 46.0 Å². The summed E-state index contributed by atoms with van der Waals surface area (Å²) in [4.78, 5) is 39.3. The molecule has 2 bridgehead atoms. The van der Waals surface area contributed by atoms with Gasteiger partial charge < -0.3 is 0 Å². The van der Waals surface area contributed by atoms with Crippen molar-refractivity contribution in [2.75, 3.05) is 5.75 Å². The first-order chi connectivity index (χ1) is 13.6. The monoisotopic (exact) mass is 406 g/mol. The Bertz CT molecular complexity index is 983. The largest absolute Gasteiger partial charge is 0.272 e. The van der Waals surface area contributed by atoms with Crippen LogP contribution in [0, 0.1) is 11.8 Å². The standard InChI is InChI=1S/C21H14N2O3S2/c24-14-9-28-21(27)22(14)23-19(25)17-15-10-5-1-2-6-11(10)16(18(17)20(23)26)13-8-4-3-7-12(13)15/h1-8,15-18H,9H2. The van der Waals surface area contributed by atoms with Gasteiger partial charge in [0.25, 0.3) is 17.7 Å². The van der Waals surface area contributed by atoms with Crippen molar-refractivity contribution in [1.29, 1.82) is 0 Å². The molecule has 2 atom stereocenters. The van der Waals surface area contributed by atoms with Crippen molar-refractivity contribution in [3.63, 3.8) is 0 Å². The van der Waals surface area contributed by atoms with Gasteiger partial charge in [0.15, 0.2) is 4.32 Å². The molecule has 5 aliphatic rings. The van der Waals surface area contributed by atoms with Gasteiger partial charge in [-0.05, 0) is 22.3 Å². The molecule has 138 valence electrons. The molecule has 2 saturated heterocycles. The smallest absolute Gasteiger partial charge is 0.258 e. The van der Waals surface area contributed by atoms with Crippen molar-refractivity contribution in [1.82, 2.24) is 10.0 Å². The number of hydrogen-bond donors (Lipinski definition) is 0. The highest BCUT2D eigenvalue weighted by atomic mass is 32.2. The lowest BCUT2D eigenvalue weighted by Gasteiger charge is -2.45. The number of carbonyl (C=O) groups excluding carboxylic acids is 3. The quantitative estimate of drug-likeness (QED) is 0.538. The van der Waals surface area contributed by atoms with Crippen molar-refractivity contribution in [2.24, 2.45) is 11.8 Å². The molecule has 0 aromatic heterocycles. The highest BCUT2D eigenvalue weighted by Crippen LogP contribution is 2.61. The van der Waals surface area contributed by atoms with Gasteiger partial charge in [0.05, 0.1) is 17.6 Å². The average molecular weight is 406 g/mol. The fraction of sp³-hybridized carbons (Fsp3) is 0.238. The Kier molecular flexibility index (Phi) is 3.24. The highest BCUT2D eigenvalue weighted by molar-refractivity contribution is 8.23. The third-order valence-corrected chi connectivity index (χ3v) is 7.69. The molecule has 2 aliphatic heterocycles. The molecule has 2 aromatic rings. The van der Waals surface area contributed by atoms with Crippen LogP contribution in [0.1, 0.15) is 34.1 Å². The van der Waals surface area contributed by atoms with Crippen LogP contribution in [0.25, 0.3) is 0 Å². The summed E-state index contributed by atoms with van der Waals surface area (Å²) in [6, 6.07) is 16.1. The minimum absolute atomic E-state index is 0.165. The number of thiocarbonyl (C=S) groups is 1. The Morgan fingerprint density at radius 3 is 1.54 bits per heavy atom. The van der Waals surface area contributed by atoms with Crippen molar-refractivity contribution in [2.45, 2.75) is 11.8 Å².